The molecule has 226 valence electrons. The largest absolute Gasteiger partial charge is 0.497 e. The Morgan fingerprint density at radius 2 is 1.91 bits per heavy atom. The lowest BCUT2D eigenvalue weighted by Gasteiger charge is -2.31. The van der Waals surface area contributed by atoms with Crippen LogP contribution >= 0.6 is 0 Å². The quantitative estimate of drug-likeness (QED) is 0.228. The van der Waals surface area contributed by atoms with E-state index in [4.69, 9.17) is 4.74 Å². The van der Waals surface area contributed by atoms with Crippen molar-refractivity contribution in [2.45, 2.75) is 64.3 Å². The first-order chi connectivity index (χ1) is 20.7. The van der Waals surface area contributed by atoms with Crippen LogP contribution < -0.4 is 20.3 Å². The number of hydrogen-bond donors (Lipinski definition) is 3. The fraction of sp³-hybridized carbons (Fsp3) is 0.382. The Morgan fingerprint density at radius 3 is 2.60 bits per heavy atom. The van der Waals surface area contributed by atoms with Crippen molar-refractivity contribution in [2.75, 3.05) is 25.1 Å². The first-order valence-electron chi connectivity index (χ1n) is 14.9. The third-order valence-electron chi connectivity index (χ3n) is 8.29. The lowest BCUT2D eigenvalue weighted by Crippen LogP contribution is -2.51. The van der Waals surface area contributed by atoms with Crippen LogP contribution in [0.2, 0.25) is 0 Å². The van der Waals surface area contributed by atoms with E-state index in [-0.39, 0.29) is 18.4 Å². The number of methoxy groups -OCH3 is 1. The van der Waals surface area contributed by atoms with Gasteiger partial charge in [-0.3, -0.25) is 14.3 Å². The molecule has 0 saturated carbocycles. The minimum atomic E-state index is -0.890. The van der Waals surface area contributed by atoms with E-state index in [2.05, 4.69) is 15.7 Å². The number of carbonyl (C=O) groups excluding carboxylic acids is 2. The molecular weight excluding hydrogens is 542 g/mol. The molecule has 3 N–H and O–H groups in total. The molecule has 5 rings (SSSR count). The molecule has 2 heterocycles. The number of carbonyl (C=O) groups is 2. The minimum Gasteiger partial charge on any atom is -0.497 e. The smallest absolute Gasteiger partial charge is 0.251 e. The van der Waals surface area contributed by atoms with Gasteiger partial charge in [0.1, 0.15) is 5.75 Å². The highest BCUT2D eigenvalue weighted by Crippen LogP contribution is 2.32. The van der Waals surface area contributed by atoms with E-state index in [1.807, 2.05) is 86.1 Å². The van der Waals surface area contributed by atoms with E-state index in [9.17, 15) is 14.7 Å². The lowest BCUT2D eigenvalue weighted by molar-refractivity contribution is -0.117. The Morgan fingerprint density at radius 1 is 1.12 bits per heavy atom. The third-order valence-corrected chi connectivity index (χ3v) is 8.29. The molecule has 4 aromatic rings. The standard InChI is InChI=1S/C34H41N5O4/c1-5-39-30-19-24(18-29(27(30)21-36-39)38-16-10-15-32(38)41)33(42)37-28(17-23-11-7-6-8-12-23)31(40)22-35-34(2,3)25-13-9-14-26(20-25)43-4/h6-9,11-14,18-21,28,31,35,40H,5,10,15-17,22H2,1-4H3,(H,37,42)/t28-,31-/m0/s1. The molecule has 3 aromatic carbocycles. The summed E-state index contributed by atoms with van der Waals surface area (Å²) in [6, 6.07) is 20.7. The number of rotatable bonds is 12. The predicted octanol–water partition coefficient (Wildman–Crippen LogP) is 4.42. The maximum Gasteiger partial charge on any atom is 0.251 e. The molecule has 1 aliphatic rings. The van der Waals surface area contributed by atoms with Gasteiger partial charge in [0.2, 0.25) is 5.91 Å². The number of hydrogen-bond acceptors (Lipinski definition) is 6. The maximum absolute atomic E-state index is 13.9. The summed E-state index contributed by atoms with van der Waals surface area (Å²) in [4.78, 5) is 28.3. The minimum absolute atomic E-state index is 0.0465. The van der Waals surface area contributed by atoms with Gasteiger partial charge in [0.15, 0.2) is 0 Å². The molecule has 1 aliphatic heterocycles. The van der Waals surface area contributed by atoms with Crippen LogP contribution in [0.4, 0.5) is 5.69 Å². The van der Waals surface area contributed by atoms with Crippen molar-refractivity contribution in [3.05, 3.63) is 89.6 Å². The van der Waals surface area contributed by atoms with E-state index < -0.39 is 17.7 Å². The summed E-state index contributed by atoms with van der Waals surface area (Å²) < 4.78 is 7.23. The Labute approximate surface area is 252 Å². The lowest BCUT2D eigenvalue weighted by atomic mass is 9.93. The molecule has 0 radical (unpaired) electrons. The number of anilines is 1. The number of nitrogens with one attached hydrogen (secondary N) is 2. The van der Waals surface area contributed by atoms with Gasteiger partial charge in [-0.1, -0.05) is 42.5 Å². The van der Waals surface area contributed by atoms with Gasteiger partial charge >= 0.3 is 0 Å². The number of aliphatic hydroxyl groups is 1. The van der Waals surface area contributed by atoms with Crippen LogP contribution in [0.1, 0.15) is 55.1 Å². The molecule has 0 spiro atoms. The molecule has 1 aromatic heterocycles. The van der Waals surface area contributed by atoms with Crippen LogP contribution in [-0.2, 0) is 23.3 Å². The van der Waals surface area contributed by atoms with Crippen molar-refractivity contribution < 1.29 is 19.4 Å². The van der Waals surface area contributed by atoms with Gasteiger partial charge in [-0.05, 0) is 69.0 Å². The summed E-state index contributed by atoms with van der Waals surface area (Å²) in [5, 5.41) is 23.4. The monoisotopic (exact) mass is 583 g/mol. The van der Waals surface area contributed by atoms with Crippen molar-refractivity contribution in [1.82, 2.24) is 20.4 Å². The van der Waals surface area contributed by atoms with E-state index in [1.165, 1.54) is 0 Å². The zero-order chi connectivity index (χ0) is 30.6. The van der Waals surface area contributed by atoms with Crippen LogP contribution in [0.3, 0.4) is 0 Å². The van der Waals surface area contributed by atoms with Crippen LogP contribution in [0.25, 0.3) is 10.9 Å². The molecule has 2 atom stereocenters. The molecule has 0 bridgehead atoms. The van der Waals surface area contributed by atoms with Crippen molar-refractivity contribution in [3.8, 4) is 5.75 Å². The average Bonchev–Trinajstić information content (AvgIpc) is 3.65. The number of ether oxygens (including phenoxy) is 1. The van der Waals surface area contributed by atoms with Gasteiger partial charge < -0.3 is 25.4 Å². The first-order valence-corrected chi connectivity index (χ1v) is 14.9. The van der Waals surface area contributed by atoms with Crippen molar-refractivity contribution in [1.29, 1.82) is 0 Å². The van der Waals surface area contributed by atoms with E-state index in [0.717, 1.165) is 34.2 Å². The third kappa shape index (κ3) is 6.73. The number of fused-ring (bicyclic) bond motifs is 1. The second-order valence-electron chi connectivity index (χ2n) is 11.6. The predicted molar refractivity (Wildman–Crippen MR) is 168 cm³/mol. The molecule has 9 heteroatoms. The molecule has 0 unspecified atom stereocenters. The topological polar surface area (TPSA) is 109 Å². The molecule has 9 nitrogen and oxygen atoms in total. The highest BCUT2D eigenvalue weighted by Gasteiger charge is 2.29. The second kappa shape index (κ2) is 13.0. The van der Waals surface area contributed by atoms with E-state index in [0.29, 0.717) is 37.2 Å². The molecular formula is C34H41N5O4. The van der Waals surface area contributed by atoms with Gasteiger partial charge in [-0.25, -0.2) is 0 Å². The molecule has 2 amide bonds. The summed E-state index contributed by atoms with van der Waals surface area (Å²) in [5.74, 6) is 0.495. The Hall–Kier alpha value is -4.21. The number of aryl methyl sites for hydroxylation is 1. The van der Waals surface area contributed by atoms with Crippen molar-refractivity contribution >= 4 is 28.4 Å². The maximum atomic E-state index is 13.9. The van der Waals surface area contributed by atoms with Gasteiger partial charge in [0.25, 0.3) is 5.91 Å². The number of aromatic nitrogens is 2. The number of aliphatic hydroxyl groups excluding tert-OH is 1. The first kappa shape index (κ1) is 30.3. The number of benzene rings is 3. The van der Waals surface area contributed by atoms with Gasteiger partial charge in [0.05, 0.1) is 36.7 Å². The highest BCUT2D eigenvalue weighted by molar-refractivity contribution is 6.08. The average molecular weight is 584 g/mol. The fourth-order valence-electron chi connectivity index (χ4n) is 5.69. The number of nitrogens with zero attached hydrogens (tertiary/aromatic N) is 3. The summed E-state index contributed by atoms with van der Waals surface area (Å²) in [7, 11) is 1.64. The molecule has 1 fully saturated rings. The van der Waals surface area contributed by atoms with Crippen LogP contribution in [0.15, 0.2) is 72.9 Å². The van der Waals surface area contributed by atoms with Gasteiger partial charge in [-0.2, -0.15) is 5.10 Å². The van der Waals surface area contributed by atoms with Crippen molar-refractivity contribution in [2.24, 2.45) is 0 Å². The van der Waals surface area contributed by atoms with E-state index >= 15 is 0 Å². The zero-order valence-corrected chi connectivity index (χ0v) is 25.3. The van der Waals surface area contributed by atoms with Crippen molar-refractivity contribution in [3.63, 3.8) is 0 Å². The molecule has 1 saturated heterocycles. The van der Waals surface area contributed by atoms with Crippen LogP contribution in [0, 0.1) is 0 Å². The SMILES string of the molecule is CCn1ncc2c(N3CCCC3=O)cc(C(=O)N[C@@H](Cc3ccccc3)[C@@H](O)CNC(C)(C)c3cccc(OC)c3)cc21. The normalized spacial score (nSPS) is 15.1. The molecule has 0 aliphatic carbocycles. The van der Waals surface area contributed by atoms with Crippen LogP contribution in [-0.4, -0.2) is 59.0 Å². The second-order valence-corrected chi connectivity index (χ2v) is 11.6. The fourth-order valence-corrected chi connectivity index (χ4v) is 5.69. The summed E-state index contributed by atoms with van der Waals surface area (Å²) >= 11 is 0. The summed E-state index contributed by atoms with van der Waals surface area (Å²) in [6.07, 6.45) is 2.59. The number of amides is 2. The molecule has 43 heavy (non-hydrogen) atoms. The van der Waals surface area contributed by atoms with Gasteiger partial charge in [-0.15, -0.1) is 0 Å². The van der Waals surface area contributed by atoms with Crippen LogP contribution in [0.5, 0.6) is 5.75 Å². The zero-order valence-electron chi connectivity index (χ0n) is 25.3. The Kier molecular flexibility index (Phi) is 9.13. The summed E-state index contributed by atoms with van der Waals surface area (Å²) in [6.45, 7) is 7.58. The Bertz CT molecular complexity index is 1580. The van der Waals surface area contributed by atoms with Gasteiger partial charge in [0, 0.05) is 42.5 Å². The Balaban J connectivity index is 1.40. The van der Waals surface area contributed by atoms with E-state index in [1.54, 1.807) is 24.3 Å². The highest BCUT2D eigenvalue weighted by atomic mass is 16.5. The summed E-state index contributed by atoms with van der Waals surface area (Å²) in [5.41, 5.74) is 3.48.